The molecule has 2 fully saturated rings. The molecule has 0 radical (unpaired) electrons. The minimum Gasteiger partial charge on any atom is -0.456 e. The Morgan fingerprint density at radius 1 is 0.885 bits per heavy atom. The Bertz CT molecular complexity index is 907. The van der Waals surface area contributed by atoms with E-state index in [-0.39, 0.29) is 35.5 Å². The van der Waals surface area contributed by atoms with Crippen LogP contribution in [0.4, 0.5) is 5.69 Å². The molecule has 5 heteroatoms. The molecule has 130 valence electrons. The number of para-hydroxylation sites is 1. The van der Waals surface area contributed by atoms with Crippen molar-refractivity contribution in [2.24, 2.45) is 23.7 Å². The van der Waals surface area contributed by atoms with Crippen LogP contribution in [0.3, 0.4) is 0 Å². The van der Waals surface area contributed by atoms with Gasteiger partial charge in [-0.3, -0.25) is 14.5 Å². The molecule has 1 heterocycles. The summed E-state index contributed by atoms with van der Waals surface area (Å²) in [4.78, 5) is 27.0. The fraction of sp³-hybridized carbons (Fsp3) is 0.238. The molecule has 0 aromatic heterocycles. The lowest BCUT2D eigenvalue weighted by Gasteiger charge is -2.17. The van der Waals surface area contributed by atoms with Crippen LogP contribution in [0, 0.1) is 23.7 Å². The van der Waals surface area contributed by atoms with Gasteiger partial charge in [0.1, 0.15) is 11.5 Å². The van der Waals surface area contributed by atoms with Crippen LogP contribution < -0.4 is 9.64 Å². The first-order valence-corrected chi connectivity index (χ1v) is 9.10. The van der Waals surface area contributed by atoms with Gasteiger partial charge in [-0.1, -0.05) is 35.9 Å². The minimum absolute atomic E-state index is 0.0726. The van der Waals surface area contributed by atoms with Crippen LogP contribution in [0.15, 0.2) is 60.7 Å². The number of anilines is 1. The molecule has 5 rings (SSSR count). The number of fused-ring (bicyclic) bond motifs is 5. The van der Waals surface area contributed by atoms with E-state index >= 15 is 0 Å². The average molecular weight is 366 g/mol. The Hall–Kier alpha value is -2.59. The fourth-order valence-corrected chi connectivity index (χ4v) is 4.65. The predicted molar refractivity (Wildman–Crippen MR) is 98.2 cm³/mol. The SMILES string of the molecule is O=C1[C@@H]2[C@H](C(=O)N1c1ccc(Oc3ccccc3Cl)cc1)[C@H]1C=C[C@H]2C1. The molecule has 26 heavy (non-hydrogen) atoms. The lowest BCUT2D eigenvalue weighted by Crippen LogP contribution is -2.32. The zero-order valence-electron chi connectivity index (χ0n) is 13.8. The zero-order valence-corrected chi connectivity index (χ0v) is 14.6. The number of benzene rings is 2. The average Bonchev–Trinajstić information content (AvgIpc) is 3.32. The zero-order chi connectivity index (χ0) is 17.8. The monoisotopic (exact) mass is 365 g/mol. The van der Waals surface area contributed by atoms with E-state index < -0.39 is 0 Å². The predicted octanol–water partition coefficient (Wildman–Crippen LogP) is 4.44. The number of allylic oxidation sites excluding steroid dienone is 2. The molecular weight excluding hydrogens is 350 g/mol. The van der Waals surface area contributed by atoms with Crippen LogP contribution in [0.5, 0.6) is 11.5 Å². The molecule has 4 nitrogen and oxygen atoms in total. The summed E-state index contributed by atoms with van der Waals surface area (Å²) < 4.78 is 5.77. The standard InChI is InChI=1S/C21H16ClNO3/c22-16-3-1-2-4-17(16)26-15-9-7-14(8-10-15)23-20(24)18-12-5-6-13(11-12)19(18)21(23)25/h1-10,12-13,18-19H,11H2/t12-,13-,18-,19+/m0/s1. The maximum absolute atomic E-state index is 12.8. The first-order valence-electron chi connectivity index (χ1n) is 8.72. The number of carbonyl (C=O) groups excluding carboxylic acids is 2. The smallest absolute Gasteiger partial charge is 0.238 e. The third kappa shape index (κ3) is 2.22. The van der Waals surface area contributed by atoms with Crippen LogP contribution in [0.1, 0.15) is 6.42 Å². The first-order chi connectivity index (χ1) is 12.6. The summed E-state index contributed by atoms with van der Waals surface area (Å²) in [6, 6.07) is 14.2. The Morgan fingerprint density at radius 2 is 1.50 bits per heavy atom. The number of amides is 2. The van der Waals surface area contributed by atoms with Crippen molar-refractivity contribution >= 4 is 29.1 Å². The number of carbonyl (C=O) groups is 2. The van der Waals surface area contributed by atoms with E-state index in [4.69, 9.17) is 16.3 Å². The van der Waals surface area contributed by atoms with E-state index in [1.807, 2.05) is 12.1 Å². The summed E-state index contributed by atoms with van der Waals surface area (Å²) in [5, 5.41) is 0.525. The molecule has 3 aliphatic rings. The summed E-state index contributed by atoms with van der Waals surface area (Å²) in [6.45, 7) is 0. The molecule has 1 saturated carbocycles. The van der Waals surface area contributed by atoms with Gasteiger partial charge in [-0.05, 0) is 54.7 Å². The highest BCUT2D eigenvalue weighted by Gasteiger charge is 2.59. The van der Waals surface area contributed by atoms with Crippen molar-refractivity contribution in [1.82, 2.24) is 0 Å². The van der Waals surface area contributed by atoms with E-state index in [2.05, 4.69) is 12.2 Å². The minimum atomic E-state index is -0.184. The molecule has 2 aromatic rings. The summed E-state index contributed by atoms with van der Waals surface area (Å²) in [6.07, 6.45) is 5.13. The number of imide groups is 1. The van der Waals surface area contributed by atoms with Crippen molar-refractivity contribution in [3.8, 4) is 11.5 Å². The summed E-state index contributed by atoms with van der Waals surface area (Å²) in [5.74, 6) is 1.08. The molecule has 2 bridgehead atoms. The largest absolute Gasteiger partial charge is 0.456 e. The maximum Gasteiger partial charge on any atom is 0.238 e. The summed E-state index contributed by atoms with van der Waals surface area (Å²) >= 11 is 6.11. The molecule has 0 spiro atoms. The van der Waals surface area contributed by atoms with Crippen LogP contribution in [-0.2, 0) is 9.59 Å². The number of hydrogen-bond donors (Lipinski definition) is 0. The summed E-state index contributed by atoms with van der Waals surface area (Å²) in [5.41, 5.74) is 0.598. The molecule has 2 amide bonds. The highest BCUT2D eigenvalue weighted by molar-refractivity contribution is 6.32. The van der Waals surface area contributed by atoms with Gasteiger partial charge in [0.05, 0.1) is 22.5 Å². The molecule has 0 unspecified atom stereocenters. The normalized spacial score (nSPS) is 28.7. The van der Waals surface area contributed by atoms with Crippen molar-refractivity contribution < 1.29 is 14.3 Å². The van der Waals surface area contributed by atoms with Crippen molar-refractivity contribution in [3.05, 3.63) is 65.7 Å². The van der Waals surface area contributed by atoms with Gasteiger partial charge in [0.15, 0.2) is 0 Å². The Balaban J connectivity index is 1.39. The topological polar surface area (TPSA) is 46.6 Å². The maximum atomic E-state index is 12.8. The Morgan fingerprint density at radius 3 is 2.12 bits per heavy atom. The fourth-order valence-electron chi connectivity index (χ4n) is 4.47. The van der Waals surface area contributed by atoms with Crippen molar-refractivity contribution in [3.63, 3.8) is 0 Å². The van der Waals surface area contributed by atoms with E-state index in [9.17, 15) is 9.59 Å². The van der Waals surface area contributed by atoms with Gasteiger partial charge < -0.3 is 4.74 Å². The van der Waals surface area contributed by atoms with E-state index in [1.165, 1.54) is 4.90 Å². The molecule has 0 N–H and O–H groups in total. The van der Waals surface area contributed by atoms with E-state index in [0.717, 1.165) is 6.42 Å². The highest BCUT2D eigenvalue weighted by Crippen LogP contribution is 2.53. The van der Waals surface area contributed by atoms with E-state index in [1.54, 1.807) is 36.4 Å². The van der Waals surface area contributed by atoms with E-state index in [0.29, 0.717) is 22.2 Å². The molecule has 2 aromatic carbocycles. The van der Waals surface area contributed by atoms with Crippen molar-refractivity contribution in [2.45, 2.75) is 6.42 Å². The first kappa shape index (κ1) is 15.6. The Labute approximate surface area is 156 Å². The molecule has 1 saturated heterocycles. The summed E-state index contributed by atoms with van der Waals surface area (Å²) in [7, 11) is 0. The number of nitrogens with zero attached hydrogens (tertiary/aromatic N) is 1. The van der Waals surface area contributed by atoms with Crippen LogP contribution >= 0.6 is 11.6 Å². The quantitative estimate of drug-likeness (QED) is 0.596. The Kier molecular flexibility index (Phi) is 3.44. The van der Waals surface area contributed by atoms with Gasteiger partial charge in [0, 0.05) is 0 Å². The van der Waals surface area contributed by atoms with Crippen molar-refractivity contribution in [2.75, 3.05) is 4.90 Å². The molecule has 1 aliphatic heterocycles. The number of hydrogen-bond acceptors (Lipinski definition) is 3. The van der Waals surface area contributed by atoms with Crippen molar-refractivity contribution in [1.29, 1.82) is 0 Å². The van der Waals surface area contributed by atoms with Gasteiger partial charge >= 0.3 is 0 Å². The van der Waals surface area contributed by atoms with Crippen LogP contribution in [0.25, 0.3) is 0 Å². The molecular formula is C21H16ClNO3. The van der Waals surface area contributed by atoms with Gasteiger partial charge in [-0.25, -0.2) is 0 Å². The third-order valence-electron chi connectivity index (χ3n) is 5.63. The molecule has 2 aliphatic carbocycles. The highest BCUT2D eigenvalue weighted by atomic mass is 35.5. The van der Waals surface area contributed by atoms with Crippen LogP contribution in [0.2, 0.25) is 5.02 Å². The molecule has 4 atom stereocenters. The lowest BCUT2D eigenvalue weighted by atomic mass is 9.85. The van der Waals surface area contributed by atoms with Gasteiger partial charge in [0.2, 0.25) is 11.8 Å². The lowest BCUT2D eigenvalue weighted by molar-refractivity contribution is -0.123. The number of ether oxygens (including phenoxy) is 1. The van der Waals surface area contributed by atoms with Gasteiger partial charge in [0.25, 0.3) is 0 Å². The third-order valence-corrected chi connectivity index (χ3v) is 5.94. The van der Waals surface area contributed by atoms with Crippen LogP contribution in [-0.4, -0.2) is 11.8 Å². The van der Waals surface area contributed by atoms with Gasteiger partial charge in [-0.2, -0.15) is 0 Å². The number of halogens is 1. The second-order valence-corrected chi connectivity index (χ2v) is 7.45. The van der Waals surface area contributed by atoms with Gasteiger partial charge in [-0.15, -0.1) is 0 Å². The number of rotatable bonds is 3. The second-order valence-electron chi connectivity index (χ2n) is 7.04. The second kappa shape index (κ2) is 5.71.